The fourth-order valence-corrected chi connectivity index (χ4v) is 1.71. The summed E-state index contributed by atoms with van der Waals surface area (Å²) in [5.74, 6) is 1.06. The van der Waals surface area contributed by atoms with Crippen LogP contribution in [0.25, 0.3) is 0 Å². The Bertz CT molecular complexity index is 326. The molecule has 0 spiro atoms. The molecule has 1 aromatic rings. The van der Waals surface area contributed by atoms with Gasteiger partial charge >= 0.3 is 0 Å². The number of nitrogen functional groups attached to an aromatic ring is 1. The number of nitrogens with zero attached hydrogens (tertiary/aromatic N) is 2. The number of thioether (sulfide) groups is 1. The predicted octanol–water partition coefficient (Wildman–Crippen LogP) is 1.23. The summed E-state index contributed by atoms with van der Waals surface area (Å²) in [4.78, 5) is 18.1. The van der Waals surface area contributed by atoms with E-state index in [-0.39, 0.29) is 5.91 Å². The van der Waals surface area contributed by atoms with Crippen LogP contribution in [0.3, 0.4) is 0 Å². The summed E-state index contributed by atoms with van der Waals surface area (Å²) >= 11 is 1.47. The van der Waals surface area contributed by atoms with Crippen LogP contribution in [0.15, 0.2) is 23.2 Å². The molecule has 0 atom stereocenters. The van der Waals surface area contributed by atoms with Crippen molar-refractivity contribution in [2.24, 2.45) is 0 Å². The van der Waals surface area contributed by atoms with E-state index in [2.05, 4.69) is 4.98 Å². The first-order valence-corrected chi connectivity index (χ1v) is 5.70. The maximum atomic E-state index is 11.5. The van der Waals surface area contributed by atoms with E-state index < -0.39 is 0 Å². The Hall–Kier alpha value is -1.23. The van der Waals surface area contributed by atoms with Crippen LogP contribution in [0, 0.1) is 0 Å². The van der Waals surface area contributed by atoms with Crippen LogP contribution in [0.2, 0.25) is 0 Å². The SMILES string of the molecule is CCN(C)C(=O)CSc1ccc(N)nc1. The van der Waals surface area contributed by atoms with Gasteiger partial charge in [-0.25, -0.2) is 4.98 Å². The van der Waals surface area contributed by atoms with E-state index >= 15 is 0 Å². The molecule has 0 unspecified atom stereocenters. The van der Waals surface area contributed by atoms with Gasteiger partial charge in [-0.2, -0.15) is 0 Å². The minimum absolute atomic E-state index is 0.124. The number of hydrogen-bond acceptors (Lipinski definition) is 4. The highest BCUT2D eigenvalue weighted by Gasteiger charge is 2.06. The van der Waals surface area contributed by atoms with Gasteiger partial charge in [-0.3, -0.25) is 4.79 Å². The van der Waals surface area contributed by atoms with Gasteiger partial charge in [-0.15, -0.1) is 11.8 Å². The second-order valence-electron chi connectivity index (χ2n) is 3.12. The Labute approximate surface area is 93.9 Å². The van der Waals surface area contributed by atoms with Crippen LogP contribution in [0.1, 0.15) is 6.92 Å². The lowest BCUT2D eigenvalue weighted by Crippen LogP contribution is -2.27. The molecular formula is C10H15N3OS. The zero-order chi connectivity index (χ0) is 11.3. The van der Waals surface area contributed by atoms with E-state index in [1.54, 1.807) is 24.2 Å². The molecule has 4 nitrogen and oxygen atoms in total. The van der Waals surface area contributed by atoms with Crippen molar-refractivity contribution in [2.75, 3.05) is 25.1 Å². The van der Waals surface area contributed by atoms with Crippen molar-refractivity contribution in [1.82, 2.24) is 9.88 Å². The molecule has 0 radical (unpaired) electrons. The van der Waals surface area contributed by atoms with Crippen LogP contribution >= 0.6 is 11.8 Å². The van der Waals surface area contributed by atoms with Crippen LogP contribution in [0.4, 0.5) is 5.82 Å². The quantitative estimate of drug-likeness (QED) is 0.783. The van der Waals surface area contributed by atoms with E-state index in [0.29, 0.717) is 11.6 Å². The summed E-state index contributed by atoms with van der Waals surface area (Å²) in [5.41, 5.74) is 5.46. The lowest BCUT2D eigenvalue weighted by molar-refractivity contribution is -0.126. The van der Waals surface area contributed by atoms with Crippen LogP contribution < -0.4 is 5.73 Å². The van der Waals surface area contributed by atoms with Gasteiger partial charge in [0.25, 0.3) is 0 Å². The van der Waals surface area contributed by atoms with Gasteiger partial charge in [0.15, 0.2) is 0 Å². The Morgan fingerprint density at radius 2 is 2.33 bits per heavy atom. The Morgan fingerprint density at radius 1 is 1.60 bits per heavy atom. The molecule has 1 amide bonds. The number of anilines is 1. The highest BCUT2D eigenvalue weighted by atomic mass is 32.2. The molecule has 0 aromatic carbocycles. The number of aromatic nitrogens is 1. The molecule has 15 heavy (non-hydrogen) atoms. The molecular weight excluding hydrogens is 210 g/mol. The lowest BCUT2D eigenvalue weighted by atomic mass is 10.5. The van der Waals surface area contributed by atoms with E-state index in [0.717, 1.165) is 11.4 Å². The van der Waals surface area contributed by atoms with Crippen molar-refractivity contribution < 1.29 is 4.79 Å². The average molecular weight is 225 g/mol. The van der Waals surface area contributed by atoms with Crippen molar-refractivity contribution in [3.8, 4) is 0 Å². The number of rotatable bonds is 4. The Kier molecular flexibility index (Phi) is 4.42. The minimum atomic E-state index is 0.124. The molecule has 5 heteroatoms. The normalized spacial score (nSPS) is 10.0. The molecule has 1 rings (SSSR count). The number of pyridine rings is 1. The molecule has 2 N–H and O–H groups in total. The van der Waals surface area contributed by atoms with E-state index in [1.807, 2.05) is 13.0 Å². The summed E-state index contributed by atoms with van der Waals surface area (Å²) in [7, 11) is 1.80. The van der Waals surface area contributed by atoms with Gasteiger partial charge in [0.05, 0.1) is 5.75 Å². The Balaban J connectivity index is 2.43. The van der Waals surface area contributed by atoms with Crippen molar-refractivity contribution in [3.63, 3.8) is 0 Å². The van der Waals surface area contributed by atoms with E-state index in [9.17, 15) is 4.79 Å². The predicted molar refractivity (Wildman–Crippen MR) is 62.7 cm³/mol. The van der Waals surface area contributed by atoms with E-state index in [4.69, 9.17) is 5.73 Å². The fraction of sp³-hybridized carbons (Fsp3) is 0.400. The first-order chi connectivity index (χ1) is 7.13. The molecule has 0 aliphatic carbocycles. The molecule has 0 fully saturated rings. The molecule has 0 saturated carbocycles. The lowest BCUT2D eigenvalue weighted by Gasteiger charge is -2.13. The van der Waals surface area contributed by atoms with Crippen LogP contribution in [-0.4, -0.2) is 35.1 Å². The number of hydrogen-bond donors (Lipinski definition) is 1. The third kappa shape index (κ3) is 3.79. The highest BCUT2D eigenvalue weighted by molar-refractivity contribution is 8.00. The monoisotopic (exact) mass is 225 g/mol. The summed E-state index contributed by atoms with van der Waals surface area (Å²) in [6.45, 7) is 2.69. The van der Waals surface area contributed by atoms with Gasteiger partial charge in [-0.05, 0) is 19.1 Å². The topological polar surface area (TPSA) is 59.2 Å². The molecule has 1 aromatic heterocycles. The van der Waals surface area contributed by atoms with Gasteiger partial charge in [0.2, 0.25) is 5.91 Å². The number of carbonyl (C=O) groups excluding carboxylic acids is 1. The van der Waals surface area contributed by atoms with E-state index in [1.165, 1.54) is 11.8 Å². The molecule has 0 bridgehead atoms. The summed E-state index contributed by atoms with van der Waals surface area (Å²) in [6.07, 6.45) is 1.68. The van der Waals surface area contributed by atoms with Crippen LogP contribution in [-0.2, 0) is 4.79 Å². The standard InChI is InChI=1S/C10H15N3OS/c1-3-13(2)10(14)7-15-8-4-5-9(11)12-6-8/h4-6H,3,7H2,1-2H3,(H2,11,12). The highest BCUT2D eigenvalue weighted by Crippen LogP contribution is 2.17. The third-order valence-electron chi connectivity index (χ3n) is 2.02. The first kappa shape index (κ1) is 11.8. The summed E-state index contributed by atoms with van der Waals surface area (Å²) in [5, 5.41) is 0. The van der Waals surface area contributed by atoms with Gasteiger partial charge in [0, 0.05) is 24.7 Å². The second-order valence-corrected chi connectivity index (χ2v) is 4.16. The minimum Gasteiger partial charge on any atom is -0.384 e. The van der Waals surface area contributed by atoms with Crippen LogP contribution in [0.5, 0.6) is 0 Å². The van der Waals surface area contributed by atoms with Crippen molar-refractivity contribution >= 4 is 23.5 Å². The van der Waals surface area contributed by atoms with Crippen molar-refractivity contribution in [3.05, 3.63) is 18.3 Å². The summed E-state index contributed by atoms with van der Waals surface area (Å²) < 4.78 is 0. The molecule has 0 aliphatic heterocycles. The molecule has 0 saturated heterocycles. The zero-order valence-electron chi connectivity index (χ0n) is 8.93. The molecule has 82 valence electrons. The van der Waals surface area contributed by atoms with Gasteiger partial charge in [0.1, 0.15) is 5.82 Å². The first-order valence-electron chi connectivity index (χ1n) is 4.71. The maximum absolute atomic E-state index is 11.5. The number of amides is 1. The third-order valence-corrected chi connectivity index (χ3v) is 2.99. The Morgan fingerprint density at radius 3 is 2.87 bits per heavy atom. The molecule has 0 aliphatic rings. The fourth-order valence-electron chi connectivity index (χ4n) is 0.909. The summed E-state index contributed by atoms with van der Waals surface area (Å²) in [6, 6.07) is 3.60. The zero-order valence-corrected chi connectivity index (χ0v) is 9.75. The smallest absolute Gasteiger partial charge is 0.232 e. The maximum Gasteiger partial charge on any atom is 0.232 e. The number of carbonyl (C=O) groups is 1. The van der Waals surface area contributed by atoms with Gasteiger partial charge in [-0.1, -0.05) is 0 Å². The number of nitrogens with two attached hydrogens (primary N) is 1. The largest absolute Gasteiger partial charge is 0.384 e. The van der Waals surface area contributed by atoms with Crippen molar-refractivity contribution in [2.45, 2.75) is 11.8 Å². The molecule has 1 heterocycles. The second kappa shape index (κ2) is 5.60. The van der Waals surface area contributed by atoms with Crippen molar-refractivity contribution in [1.29, 1.82) is 0 Å². The average Bonchev–Trinajstić information content (AvgIpc) is 2.26. The van der Waals surface area contributed by atoms with Gasteiger partial charge < -0.3 is 10.6 Å².